The predicted octanol–water partition coefficient (Wildman–Crippen LogP) is -0.233. The van der Waals surface area contributed by atoms with Crippen molar-refractivity contribution in [2.45, 2.75) is 6.42 Å². The maximum Gasteiger partial charge on any atom is 0.297 e. The Morgan fingerprint density at radius 2 is 2.50 bits per heavy atom. The second kappa shape index (κ2) is 4.98. The zero-order chi connectivity index (χ0) is 11.4. The monoisotopic (exact) mass is 225 g/mol. The number of nitrogens with one attached hydrogen (secondary N) is 2. The molecule has 1 aliphatic heterocycles. The van der Waals surface area contributed by atoms with Gasteiger partial charge in [0.15, 0.2) is 0 Å². The van der Waals surface area contributed by atoms with Gasteiger partial charge in [-0.3, -0.25) is 4.79 Å². The Kier molecular flexibility index (Phi) is 3.40. The average molecular weight is 225 g/mol. The van der Waals surface area contributed by atoms with Crippen molar-refractivity contribution < 1.29 is 9.47 Å². The minimum Gasteiger partial charge on any atom is -0.487 e. The molecular formula is C10H15N3O3. The van der Waals surface area contributed by atoms with Gasteiger partial charge in [-0.25, -0.2) is 4.98 Å². The molecule has 1 fully saturated rings. The van der Waals surface area contributed by atoms with Crippen LogP contribution in [0.1, 0.15) is 6.42 Å². The number of nitrogens with zero attached hydrogens (tertiary/aromatic N) is 1. The lowest BCUT2D eigenvalue weighted by atomic mass is 10.1. The van der Waals surface area contributed by atoms with Gasteiger partial charge in [-0.15, -0.1) is 0 Å². The fraction of sp³-hybridized carbons (Fsp3) is 0.600. The molecule has 0 aliphatic carbocycles. The van der Waals surface area contributed by atoms with Crippen molar-refractivity contribution >= 4 is 0 Å². The molecule has 0 bridgehead atoms. The molecule has 1 unspecified atom stereocenters. The topological polar surface area (TPSA) is 76.2 Å². The molecule has 1 aliphatic rings. The van der Waals surface area contributed by atoms with Crippen LogP contribution in [-0.4, -0.2) is 36.8 Å². The van der Waals surface area contributed by atoms with Crippen LogP contribution < -0.4 is 20.3 Å². The molecule has 1 atom stereocenters. The summed E-state index contributed by atoms with van der Waals surface area (Å²) < 4.78 is 10.4. The molecule has 88 valence electrons. The molecule has 6 heteroatoms. The SMILES string of the molecule is COc1c(OCC2CCNC2)nc[nH]c1=O. The van der Waals surface area contributed by atoms with E-state index in [4.69, 9.17) is 9.47 Å². The molecule has 6 nitrogen and oxygen atoms in total. The van der Waals surface area contributed by atoms with Gasteiger partial charge in [-0.05, 0) is 13.0 Å². The minimum absolute atomic E-state index is 0.133. The van der Waals surface area contributed by atoms with E-state index in [1.807, 2.05) is 0 Å². The van der Waals surface area contributed by atoms with Crippen LogP contribution in [0.3, 0.4) is 0 Å². The van der Waals surface area contributed by atoms with E-state index in [9.17, 15) is 4.79 Å². The highest BCUT2D eigenvalue weighted by molar-refractivity contribution is 5.29. The van der Waals surface area contributed by atoms with Gasteiger partial charge in [0.1, 0.15) is 0 Å². The van der Waals surface area contributed by atoms with Crippen molar-refractivity contribution in [3.05, 3.63) is 16.7 Å². The number of methoxy groups -OCH3 is 1. The number of ether oxygens (including phenoxy) is 2. The van der Waals surface area contributed by atoms with E-state index in [1.165, 1.54) is 13.4 Å². The second-order valence-corrected chi connectivity index (χ2v) is 3.74. The van der Waals surface area contributed by atoms with Crippen molar-refractivity contribution in [3.8, 4) is 11.6 Å². The maximum absolute atomic E-state index is 11.4. The molecule has 1 saturated heterocycles. The summed E-state index contributed by atoms with van der Waals surface area (Å²) in [6, 6.07) is 0. The van der Waals surface area contributed by atoms with Crippen molar-refractivity contribution in [1.82, 2.24) is 15.3 Å². The van der Waals surface area contributed by atoms with Crippen molar-refractivity contribution in [2.75, 3.05) is 26.8 Å². The van der Waals surface area contributed by atoms with Gasteiger partial charge >= 0.3 is 0 Å². The smallest absolute Gasteiger partial charge is 0.297 e. The third kappa shape index (κ3) is 2.33. The molecule has 2 N–H and O–H groups in total. The molecule has 1 aromatic rings. The fourth-order valence-electron chi connectivity index (χ4n) is 1.71. The summed E-state index contributed by atoms with van der Waals surface area (Å²) >= 11 is 0. The zero-order valence-corrected chi connectivity index (χ0v) is 9.16. The van der Waals surface area contributed by atoms with Crippen LogP contribution in [0, 0.1) is 5.92 Å². The van der Waals surface area contributed by atoms with Gasteiger partial charge in [0.2, 0.25) is 5.75 Å². The van der Waals surface area contributed by atoms with E-state index in [2.05, 4.69) is 15.3 Å². The first kappa shape index (κ1) is 10.9. The summed E-state index contributed by atoms with van der Waals surface area (Å²) in [7, 11) is 1.43. The summed E-state index contributed by atoms with van der Waals surface area (Å²) in [6.45, 7) is 2.53. The highest BCUT2D eigenvalue weighted by Gasteiger charge is 2.17. The van der Waals surface area contributed by atoms with Crippen LogP contribution >= 0.6 is 0 Å². The third-order valence-electron chi connectivity index (χ3n) is 2.60. The normalized spacial score (nSPS) is 19.7. The highest BCUT2D eigenvalue weighted by Crippen LogP contribution is 2.19. The van der Waals surface area contributed by atoms with Gasteiger partial charge in [0, 0.05) is 12.5 Å². The van der Waals surface area contributed by atoms with E-state index in [1.54, 1.807) is 0 Å². The second-order valence-electron chi connectivity index (χ2n) is 3.74. The Morgan fingerprint density at radius 3 is 3.19 bits per heavy atom. The first-order valence-corrected chi connectivity index (χ1v) is 5.26. The summed E-state index contributed by atoms with van der Waals surface area (Å²) in [4.78, 5) is 17.7. The summed E-state index contributed by atoms with van der Waals surface area (Å²) in [5, 5.41) is 3.25. The largest absolute Gasteiger partial charge is 0.487 e. The van der Waals surface area contributed by atoms with Gasteiger partial charge in [-0.2, -0.15) is 0 Å². The van der Waals surface area contributed by atoms with Crippen LogP contribution in [0.5, 0.6) is 11.6 Å². The van der Waals surface area contributed by atoms with Crippen LogP contribution in [-0.2, 0) is 0 Å². The molecule has 0 aromatic carbocycles. The number of aromatic nitrogens is 2. The number of rotatable bonds is 4. The number of hydrogen-bond donors (Lipinski definition) is 2. The Morgan fingerprint density at radius 1 is 1.62 bits per heavy atom. The molecule has 16 heavy (non-hydrogen) atoms. The van der Waals surface area contributed by atoms with E-state index in [0.717, 1.165) is 19.5 Å². The molecule has 2 heterocycles. The van der Waals surface area contributed by atoms with Crippen LogP contribution in [0.2, 0.25) is 0 Å². The van der Waals surface area contributed by atoms with Crippen LogP contribution in [0.4, 0.5) is 0 Å². The Hall–Kier alpha value is -1.56. The Bertz CT molecular complexity index is 399. The molecule has 0 radical (unpaired) electrons. The van der Waals surface area contributed by atoms with E-state index in [0.29, 0.717) is 12.5 Å². The van der Waals surface area contributed by atoms with E-state index in [-0.39, 0.29) is 17.2 Å². The first-order valence-electron chi connectivity index (χ1n) is 5.26. The molecule has 1 aromatic heterocycles. The fourth-order valence-corrected chi connectivity index (χ4v) is 1.71. The van der Waals surface area contributed by atoms with Crippen molar-refractivity contribution in [1.29, 1.82) is 0 Å². The predicted molar refractivity (Wildman–Crippen MR) is 57.9 cm³/mol. The number of aromatic amines is 1. The lowest BCUT2D eigenvalue weighted by Gasteiger charge is -2.11. The lowest BCUT2D eigenvalue weighted by molar-refractivity contribution is 0.236. The maximum atomic E-state index is 11.4. The molecule has 2 rings (SSSR count). The Balaban J connectivity index is 2.02. The standard InChI is InChI=1S/C10H15N3O3/c1-15-8-9(14)12-6-13-10(8)16-5-7-2-3-11-4-7/h6-7,11H,2-5H2,1H3,(H,12,13,14). The average Bonchev–Trinajstić information content (AvgIpc) is 2.79. The molecule has 0 amide bonds. The molecular weight excluding hydrogens is 210 g/mol. The van der Waals surface area contributed by atoms with Gasteiger partial charge in [0.05, 0.1) is 20.0 Å². The number of H-pyrrole nitrogens is 1. The Labute approximate surface area is 93.0 Å². The third-order valence-corrected chi connectivity index (χ3v) is 2.60. The summed E-state index contributed by atoms with van der Waals surface area (Å²) in [5.41, 5.74) is -0.322. The lowest BCUT2D eigenvalue weighted by Crippen LogP contribution is -2.18. The van der Waals surface area contributed by atoms with Gasteiger partial charge in [-0.1, -0.05) is 0 Å². The zero-order valence-electron chi connectivity index (χ0n) is 9.16. The quantitative estimate of drug-likeness (QED) is 0.740. The highest BCUT2D eigenvalue weighted by atomic mass is 16.5. The van der Waals surface area contributed by atoms with Crippen molar-refractivity contribution in [2.24, 2.45) is 5.92 Å². The summed E-state index contributed by atoms with van der Waals surface area (Å²) in [6.07, 6.45) is 2.40. The molecule has 0 spiro atoms. The summed E-state index contributed by atoms with van der Waals surface area (Å²) in [5.74, 6) is 0.873. The molecule has 0 saturated carbocycles. The first-order chi connectivity index (χ1) is 7.81. The minimum atomic E-state index is -0.322. The van der Waals surface area contributed by atoms with E-state index >= 15 is 0 Å². The van der Waals surface area contributed by atoms with Crippen LogP contribution in [0.15, 0.2) is 11.1 Å². The van der Waals surface area contributed by atoms with Gasteiger partial charge in [0.25, 0.3) is 11.4 Å². The van der Waals surface area contributed by atoms with E-state index < -0.39 is 0 Å². The van der Waals surface area contributed by atoms with Crippen LogP contribution in [0.25, 0.3) is 0 Å². The van der Waals surface area contributed by atoms with Crippen molar-refractivity contribution in [3.63, 3.8) is 0 Å². The van der Waals surface area contributed by atoms with Gasteiger partial charge < -0.3 is 19.8 Å². The number of hydrogen-bond acceptors (Lipinski definition) is 5.